The number of hydrogen-bond donors (Lipinski definition) is 3. The summed E-state index contributed by atoms with van der Waals surface area (Å²) in [5, 5.41) is 27.3. The maximum Gasteiger partial charge on any atom is 0.143 e. The summed E-state index contributed by atoms with van der Waals surface area (Å²) in [6.45, 7) is 16.4. The lowest BCUT2D eigenvalue weighted by Crippen LogP contribution is -2.43. The number of ether oxygens (including phenoxy) is 4. The van der Waals surface area contributed by atoms with Gasteiger partial charge in [0.05, 0.1) is 33.5 Å². The highest BCUT2D eigenvalue weighted by atomic mass is 16.5. The molecule has 0 radical (unpaired) electrons. The van der Waals surface area contributed by atoms with Crippen molar-refractivity contribution in [2.75, 3.05) is 63.5 Å². The van der Waals surface area contributed by atoms with Gasteiger partial charge in [-0.05, 0) is 90.6 Å². The third-order valence-electron chi connectivity index (χ3n) is 13.9. The molecule has 346 valence electrons. The van der Waals surface area contributed by atoms with Crippen molar-refractivity contribution < 1.29 is 29.2 Å². The lowest BCUT2D eigenvalue weighted by molar-refractivity contribution is -0.0640. The number of likely N-dealkylation sites (N-methyl/N-ethyl adjacent to an activating group) is 2. The van der Waals surface area contributed by atoms with E-state index in [1.807, 2.05) is 78.9 Å². The molecular formula is C57H67N3O6. The summed E-state index contributed by atoms with van der Waals surface area (Å²) < 4.78 is 24.0. The average molecular weight is 890 g/mol. The van der Waals surface area contributed by atoms with Gasteiger partial charge in [0.2, 0.25) is 0 Å². The van der Waals surface area contributed by atoms with Crippen LogP contribution in [-0.2, 0) is 25.9 Å². The maximum atomic E-state index is 12.1. The van der Waals surface area contributed by atoms with Gasteiger partial charge in [-0.15, -0.1) is 0 Å². The molecule has 0 fully saturated rings. The Hall–Kier alpha value is -5.84. The molecule has 0 saturated heterocycles. The average Bonchev–Trinajstić information content (AvgIpc) is 3.71. The summed E-state index contributed by atoms with van der Waals surface area (Å²) in [4.78, 5) is 4.78. The number of aliphatic hydroxyl groups excluding tert-OH is 2. The zero-order valence-corrected chi connectivity index (χ0v) is 39.9. The van der Waals surface area contributed by atoms with Crippen LogP contribution in [0.5, 0.6) is 11.5 Å². The van der Waals surface area contributed by atoms with Crippen molar-refractivity contribution in [1.82, 2.24) is 5.32 Å². The van der Waals surface area contributed by atoms with Gasteiger partial charge in [-0.3, -0.25) is 0 Å². The number of aliphatic hydroxyl groups is 2. The molecule has 0 aromatic heterocycles. The smallest absolute Gasteiger partial charge is 0.143 e. The van der Waals surface area contributed by atoms with Crippen LogP contribution in [0.15, 0.2) is 162 Å². The Balaban J connectivity index is 0.987. The first kappa shape index (κ1) is 46.7. The molecule has 9 heteroatoms. The summed E-state index contributed by atoms with van der Waals surface area (Å²) in [7, 11) is 3.30. The molecule has 3 N–H and O–H groups in total. The van der Waals surface area contributed by atoms with Gasteiger partial charge >= 0.3 is 0 Å². The van der Waals surface area contributed by atoms with E-state index >= 15 is 0 Å². The molecule has 1 aliphatic carbocycles. The van der Waals surface area contributed by atoms with E-state index in [0.29, 0.717) is 19.6 Å². The number of fused-ring (bicyclic) bond motifs is 2. The normalized spacial score (nSPS) is 20.0. The zero-order valence-electron chi connectivity index (χ0n) is 39.9. The Morgan fingerprint density at radius 1 is 0.667 bits per heavy atom. The molecular weight excluding hydrogens is 823 g/mol. The number of methoxy groups -OCH3 is 2. The van der Waals surface area contributed by atoms with E-state index in [4.69, 9.17) is 18.9 Å². The summed E-state index contributed by atoms with van der Waals surface area (Å²) in [5.41, 5.74) is 10.6. The Kier molecular flexibility index (Phi) is 13.8. The number of nitrogens with one attached hydrogen (secondary N) is 1. The van der Waals surface area contributed by atoms with E-state index < -0.39 is 17.8 Å². The highest BCUT2D eigenvalue weighted by molar-refractivity contribution is 5.73. The van der Waals surface area contributed by atoms with Gasteiger partial charge in [-0.2, -0.15) is 0 Å². The number of rotatable bonds is 19. The van der Waals surface area contributed by atoms with Gasteiger partial charge in [0.1, 0.15) is 23.2 Å². The van der Waals surface area contributed by atoms with E-state index in [-0.39, 0.29) is 30.0 Å². The Labute approximate surface area is 392 Å². The molecule has 3 aliphatic rings. The molecule has 5 aromatic rings. The second kappa shape index (κ2) is 19.6. The van der Waals surface area contributed by atoms with Crippen molar-refractivity contribution in [3.8, 4) is 11.5 Å². The van der Waals surface area contributed by atoms with E-state index in [1.54, 1.807) is 14.2 Å². The number of hydrogen-bond acceptors (Lipinski definition) is 9. The molecule has 0 saturated carbocycles. The van der Waals surface area contributed by atoms with Crippen LogP contribution in [0.1, 0.15) is 75.8 Å². The van der Waals surface area contributed by atoms with Crippen molar-refractivity contribution in [1.29, 1.82) is 0 Å². The lowest BCUT2D eigenvalue weighted by Gasteiger charge is -2.40. The second-order valence-corrected chi connectivity index (χ2v) is 18.5. The van der Waals surface area contributed by atoms with Gasteiger partial charge in [-0.1, -0.05) is 125 Å². The van der Waals surface area contributed by atoms with Gasteiger partial charge < -0.3 is 44.3 Å². The Bertz CT molecular complexity index is 2500. The molecule has 5 aromatic carbocycles. The van der Waals surface area contributed by atoms with Crippen molar-refractivity contribution in [3.63, 3.8) is 0 Å². The number of nitrogens with zero attached hydrogens (tertiary/aromatic N) is 2. The third-order valence-corrected chi connectivity index (χ3v) is 13.9. The molecule has 3 atom stereocenters. The minimum absolute atomic E-state index is 0.0222. The molecule has 66 heavy (non-hydrogen) atoms. The second-order valence-electron chi connectivity index (χ2n) is 18.5. The Morgan fingerprint density at radius 2 is 1.17 bits per heavy atom. The molecule has 8 rings (SSSR count). The number of allylic oxidation sites excluding steroid dienone is 2. The summed E-state index contributed by atoms with van der Waals surface area (Å²) in [6, 6.07) is 43.1. The fourth-order valence-electron chi connectivity index (χ4n) is 10.4. The van der Waals surface area contributed by atoms with Gasteiger partial charge in [0, 0.05) is 77.0 Å². The largest absolute Gasteiger partial charge is 0.497 e. The van der Waals surface area contributed by atoms with Crippen LogP contribution in [0.3, 0.4) is 0 Å². The van der Waals surface area contributed by atoms with Crippen molar-refractivity contribution in [3.05, 3.63) is 190 Å². The molecule has 0 spiro atoms. The first-order chi connectivity index (χ1) is 31.9. The topological polar surface area (TPSA) is 95.9 Å². The van der Waals surface area contributed by atoms with Crippen LogP contribution in [0.25, 0.3) is 0 Å². The van der Waals surface area contributed by atoms with Gasteiger partial charge in [0.25, 0.3) is 0 Å². The molecule has 3 unspecified atom stereocenters. The zero-order chi connectivity index (χ0) is 46.6. The first-order valence-electron chi connectivity index (χ1n) is 23.5. The maximum absolute atomic E-state index is 12.1. The minimum Gasteiger partial charge on any atom is -0.497 e. The van der Waals surface area contributed by atoms with Gasteiger partial charge in [0.15, 0.2) is 0 Å². The predicted octanol–water partition coefficient (Wildman–Crippen LogP) is 10.0. The van der Waals surface area contributed by atoms with Crippen molar-refractivity contribution in [2.45, 2.75) is 76.6 Å². The molecule has 2 aliphatic heterocycles. The fraction of sp³-hybridized carbons (Fsp3) is 0.368. The monoisotopic (exact) mass is 890 g/mol. The molecule has 0 bridgehead atoms. The van der Waals surface area contributed by atoms with Crippen molar-refractivity contribution >= 4 is 11.4 Å². The SMILES string of the molecule is CCN1/C(=C/C2=C(NCCCOCC(O)COC(c3ccccc3)(c3ccc(OC)cc3)c3ccc(OC)cc3)C(/C=C3/N(CC)c4ccccc4C3(C)C)C2O)C(C)(C)c2ccccc21. The van der Waals surface area contributed by atoms with E-state index in [9.17, 15) is 10.2 Å². The fourth-order valence-corrected chi connectivity index (χ4v) is 10.4. The minimum atomic E-state index is -1.04. The summed E-state index contributed by atoms with van der Waals surface area (Å²) >= 11 is 0. The molecule has 0 amide bonds. The van der Waals surface area contributed by atoms with Crippen LogP contribution >= 0.6 is 0 Å². The van der Waals surface area contributed by atoms with E-state index in [2.05, 4.69) is 117 Å². The summed E-state index contributed by atoms with van der Waals surface area (Å²) in [6.07, 6.45) is 3.66. The number of benzene rings is 5. The Morgan fingerprint density at radius 3 is 1.71 bits per heavy atom. The quantitative estimate of drug-likeness (QED) is 0.0554. The first-order valence-corrected chi connectivity index (χ1v) is 23.5. The number of para-hydroxylation sites is 2. The van der Waals surface area contributed by atoms with Gasteiger partial charge in [-0.25, -0.2) is 0 Å². The van der Waals surface area contributed by atoms with E-state index in [1.165, 1.54) is 33.9 Å². The predicted molar refractivity (Wildman–Crippen MR) is 265 cm³/mol. The van der Waals surface area contributed by atoms with Crippen LogP contribution in [0, 0.1) is 5.92 Å². The number of anilines is 2. The summed E-state index contributed by atoms with van der Waals surface area (Å²) in [5.74, 6) is 1.27. The standard InChI is InChI=1S/C57H67N3O6/c1-9-59-49-23-16-14-21-47(49)55(3,4)51(59)35-45-53(46(54(45)62)36-52-56(5,6)48-22-15-17-24-50(48)60(52)10-2)58-33-18-34-65-37-42(61)38-66-57(39-19-12-11-13-20-39,40-25-29-43(63-7)30-26-40)41-27-31-44(64-8)32-28-41/h11-17,19-32,35-36,42,45,54,58,61-62H,9-10,18,33-34,37-38H2,1-8H3/b51-35+,52-36+. The lowest BCUT2D eigenvalue weighted by atomic mass is 9.74. The van der Waals surface area contributed by atoms with Crippen LogP contribution in [0.4, 0.5) is 11.4 Å². The van der Waals surface area contributed by atoms with Crippen LogP contribution in [0.2, 0.25) is 0 Å². The molecule has 9 nitrogen and oxygen atoms in total. The van der Waals surface area contributed by atoms with Crippen LogP contribution < -0.4 is 24.6 Å². The third kappa shape index (κ3) is 8.54. The highest BCUT2D eigenvalue weighted by Crippen LogP contribution is 2.52. The highest BCUT2D eigenvalue weighted by Gasteiger charge is 2.46. The molecule has 2 heterocycles. The van der Waals surface area contributed by atoms with Crippen LogP contribution in [-0.4, -0.2) is 76.1 Å². The van der Waals surface area contributed by atoms with E-state index in [0.717, 1.165) is 52.5 Å². The van der Waals surface area contributed by atoms with Crippen molar-refractivity contribution in [2.24, 2.45) is 5.92 Å².